The topological polar surface area (TPSA) is 84.7 Å². The van der Waals surface area contributed by atoms with Gasteiger partial charge in [0.25, 0.3) is 5.91 Å². The van der Waals surface area contributed by atoms with Crippen molar-refractivity contribution < 1.29 is 4.79 Å². The van der Waals surface area contributed by atoms with Gasteiger partial charge in [-0.15, -0.1) is 0 Å². The molecule has 0 aliphatic heterocycles. The minimum absolute atomic E-state index is 0.121. The van der Waals surface area contributed by atoms with Crippen LogP contribution in [0.2, 0.25) is 0 Å². The van der Waals surface area contributed by atoms with E-state index < -0.39 is 0 Å². The average Bonchev–Trinajstić information content (AvgIpc) is 3.24. The van der Waals surface area contributed by atoms with Gasteiger partial charge in [0.2, 0.25) is 5.95 Å². The van der Waals surface area contributed by atoms with E-state index in [2.05, 4.69) is 58.2 Å². The van der Waals surface area contributed by atoms with Crippen LogP contribution in [-0.2, 0) is 0 Å². The van der Waals surface area contributed by atoms with Gasteiger partial charge in [-0.05, 0) is 83.0 Å². The van der Waals surface area contributed by atoms with Gasteiger partial charge in [0.05, 0.1) is 17.6 Å². The molecule has 182 valence electrons. The first-order valence-electron chi connectivity index (χ1n) is 11.7. The SMILES string of the molecule is Cc1cc(NC(=O)c2ccc(C)c(C#Cc3cnc(NC(C)(C)C)nc3)c2)cc(-n2cnc(C)c2)c1. The van der Waals surface area contributed by atoms with Crippen molar-refractivity contribution in [1.82, 2.24) is 19.5 Å². The van der Waals surface area contributed by atoms with Crippen LogP contribution in [0.15, 0.2) is 61.3 Å². The maximum absolute atomic E-state index is 13.1. The molecule has 7 heteroatoms. The standard InChI is InChI=1S/C29H30N6O/c1-19-11-25(14-26(12-19)35-17-21(3)32-18-35)33-27(36)24-9-7-20(2)23(13-24)10-8-22-15-30-28(31-16-22)34-29(4,5)6/h7,9,11-18H,1-6H3,(H,33,36)(H,30,31,34). The van der Waals surface area contributed by atoms with Crippen LogP contribution in [0.1, 0.15) is 59.1 Å². The molecule has 0 saturated carbocycles. The monoisotopic (exact) mass is 478 g/mol. The molecule has 0 bridgehead atoms. The zero-order valence-electron chi connectivity index (χ0n) is 21.5. The highest BCUT2D eigenvalue weighted by atomic mass is 16.1. The number of hydrogen-bond acceptors (Lipinski definition) is 5. The Bertz CT molecular complexity index is 1470. The number of nitrogens with one attached hydrogen (secondary N) is 2. The van der Waals surface area contributed by atoms with Gasteiger partial charge in [-0.2, -0.15) is 0 Å². The first-order valence-corrected chi connectivity index (χ1v) is 11.7. The van der Waals surface area contributed by atoms with Gasteiger partial charge >= 0.3 is 0 Å². The minimum Gasteiger partial charge on any atom is -0.350 e. The van der Waals surface area contributed by atoms with Crippen molar-refractivity contribution >= 4 is 17.5 Å². The predicted molar refractivity (Wildman–Crippen MR) is 144 cm³/mol. The highest BCUT2D eigenvalue weighted by Gasteiger charge is 2.11. The maximum atomic E-state index is 13.1. The highest BCUT2D eigenvalue weighted by Crippen LogP contribution is 2.20. The van der Waals surface area contributed by atoms with E-state index in [0.717, 1.165) is 33.8 Å². The number of benzene rings is 2. The van der Waals surface area contributed by atoms with Crippen molar-refractivity contribution in [2.45, 2.75) is 47.1 Å². The first kappa shape index (κ1) is 24.7. The number of imidazole rings is 1. The zero-order chi connectivity index (χ0) is 25.9. The van der Waals surface area contributed by atoms with Crippen LogP contribution >= 0.6 is 0 Å². The number of hydrogen-bond donors (Lipinski definition) is 2. The number of amides is 1. The van der Waals surface area contributed by atoms with Crippen molar-refractivity contribution in [3.05, 3.63) is 94.8 Å². The molecule has 0 aliphatic rings. The second kappa shape index (κ2) is 10.0. The maximum Gasteiger partial charge on any atom is 0.255 e. The van der Waals surface area contributed by atoms with Gasteiger partial charge < -0.3 is 15.2 Å². The van der Waals surface area contributed by atoms with Crippen LogP contribution in [0.3, 0.4) is 0 Å². The Morgan fingerprint density at radius 2 is 1.69 bits per heavy atom. The number of aromatic nitrogens is 4. The van der Waals surface area contributed by atoms with Crippen LogP contribution in [0.25, 0.3) is 5.69 Å². The fraction of sp³-hybridized carbons (Fsp3) is 0.241. The molecule has 2 aromatic heterocycles. The zero-order valence-corrected chi connectivity index (χ0v) is 21.5. The Kier molecular flexibility index (Phi) is 6.89. The highest BCUT2D eigenvalue weighted by molar-refractivity contribution is 6.04. The summed E-state index contributed by atoms with van der Waals surface area (Å²) in [5, 5.41) is 6.24. The summed E-state index contributed by atoms with van der Waals surface area (Å²) < 4.78 is 1.94. The summed E-state index contributed by atoms with van der Waals surface area (Å²) in [4.78, 5) is 26.0. The Morgan fingerprint density at radius 1 is 0.944 bits per heavy atom. The molecular formula is C29H30N6O. The van der Waals surface area contributed by atoms with Gasteiger partial charge in [0, 0.05) is 46.6 Å². The van der Waals surface area contributed by atoms with E-state index in [1.54, 1.807) is 18.7 Å². The molecule has 2 aromatic carbocycles. The molecular weight excluding hydrogens is 448 g/mol. The van der Waals surface area contributed by atoms with E-state index >= 15 is 0 Å². The Hall–Kier alpha value is -4.44. The molecule has 4 rings (SSSR count). The van der Waals surface area contributed by atoms with Gasteiger partial charge in [0.1, 0.15) is 0 Å². The van der Waals surface area contributed by atoms with Crippen LogP contribution < -0.4 is 10.6 Å². The molecule has 0 radical (unpaired) electrons. The molecule has 4 aromatic rings. The predicted octanol–water partition coefficient (Wildman–Crippen LogP) is 5.45. The average molecular weight is 479 g/mol. The van der Waals surface area contributed by atoms with Gasteiger partial charge in [-0.3, -0.25) is 4.79 Å². The Morgan fingerprint density at radius 3 is 2.36 bits per heavy atom. The Balaban J connectivity index is 1.52. The third-order valence-electron chi connectivity index (χ3n) is 5.31. The fourth-order valence-corrected chi connectivity index (χ4v) is 3.58. The van der Waals surface area contributed by atoms with E-state index in [9.17, 15) is 4.79 Å². The van der Waals surface area contributed by atoms with E-state index in [4.69, 9.17) is 0 Å². The number of rotatable bonds is 4. The van der Waals surface area contributed by atoms with Crippen LogP contribution in [-0.4, -0.2) is 31.0 Å². The van der Waals surface area contributed by atoms with Gasteiger partial charge in [-0.25, -0.2) is 15.0 Å². The second-order valence-electron chi connectivity index (χ2n) is 9.88. The summed E-state index contributed by atoms with van der Waals surface area (Å²) in [5.41, 5.74) is 6.50. The molecule has 2 heterocycles. The van der Waals surface area contributed by atoms with Crippen LogP contribution in [0, 0.1) is 32.6 Å². The smallest absolute Gasteiger partial charge is 0.255 e. The molecule has 36 heavy (non-hydrogen) atoms. The molecule has 0 saturated heterocycles. The molecule has 2 N–H and O–H groups in total. The lowest BCUT2D eigenvalue weighted by Crippen LogP contribution is -2.27. The van der Waals surface area contributed by atoms with Crippen molar-refractivity contribution in [2.24, 2.45) is 0 Å². The lowest BCUT2D eigenvalue weighted by atomic mass is 10.0. The van der Waals surface area contributed by atoms with E-state index in [1.807, 2.05) is 67.9 Å². The van der Waals surface area contributed by atoms with Crippen LogP contribution in [0.5, 0.6) is 0 Å². The van der Waals surface area contributed by atoms with E-state index in [1.165, 1.54) is 0 Å². The second-order valence-corrected chi connectivity index (χ2v) is 9.88. The van der Waals surface area contributed by atoms with Crippen molar-refractivity contribution in [2.75, 3.05) is 10.6 Å². The number of carbonyl (C=O) groups excluding carboxylic acids is 1. The number of aryl methyl sites for hydroxylation is 3. The number of nitrogens with zero attached hydrogens (tertiary/aromatic N) is 4. The normalized spacial score (nSPS) is 10.9. The largest absolute Gasteiger partial charge is 0.350 e. The number of anilines is 2. The van der Waals surface area contributed by atoms with E-state index in [-0.39, 0.29) is 11.4 Å². The van der Waals surface area contributed by atoms with Crippen molar-refractivity contribution in [3.63, 3.8) is 0 Å². The quantitative estimate of drug-likeness (QED) is 0.381. The minimum atomic E-state index is -0.197. The first-order chi connectivity index (χ1) is 17.1. The third-order valence-corrected chi connectivity index (χ3v) is 5.31. The summed E-state index contributed by atoms with van der Waals surface area (Å²) in [6.45, 7) is 12.1. The molecule has 0 spiro atoms. The summed E-state index contributed by atoms with van der Waals surface area (Å²) in [6.07, 6.45) is 7.10. The summed E-state index contributed by atoms with van der Waals surface area (Å²) in [6, 6.07) is 11.4. The Labute approximate surface area is 212 Å². The molecule has 0 unspecified atom stereocenters. The summed E-state index contributed by atoms with van der Waals surface area (Å²) >= 11 is 0. The lowest BCUT2D eigenvalue weighted by Gasteiger charge is -2.19. The summed E-state index contributed by atoms with van der Waals surface area (Å²) in [5.74, 6) is 6.62. The molecule has 7 nitrogen and oxygen atoms in total. The van der Waals surface area contributed by atoms with E-state index in [0.29, 0.717) is 17.1 Å². The number of carbonyl (C=O) groups is 1. The molecule has 0 fully saturated rings. The summed E-state index contributed by atoms with van der Waals surface area (Å²) in [7, 11) is 0. The molecule has 1 amide bonds. The molecule has 0 aliphatic carbocycles. The van der Waals surface area contributed by atoms with Crippen LogP contribution in [0.4, 0.5) is 11.6 Å². The van der Waals surface area contributed by atoms with Crippen molar-refractivity contribution in [3.8, 4) is 17.5 Å². The van der Waals surface area contributed by atoms with Gasteiger partial charge in [0.15, 0.2) is 0 Å². The fourth-order valence-electron chi connectivity index (χ4n) is 3.58. The van der Waals surface area contributed by atoms with Crippen molar-refractivity contribution in [1.29, 1.82) is 0 Å². The third kappa shape index (κ3) is 6.36. The van der Waals surface area contributed by atoms with Gasteiger partial charge in [-0.1, -0.05) is 17.9 Å². The lowest BCUT2D eigenvalue weighted by molar-refractivity contribution is 0.102. The molecule has 0 atom stereocenters.